The highest BCUT2D eigenvalue weighted by Crippen LogP contribution is 2.38. The van der Waals surface area contributed by atoms with Gasteiger partial charge in [-0.2, -0.15) is 5.10 Å². The number of carbonyl (C=O) groups excluding carboxylic acids is 1. The number of hydrogen-bond donors (Lipinski definition) is 2. The first-order valence-corrected chi connectivity index (χ1v) is 10.0. The number of nitrogens with one attached hydrogen (secondary N) is 2. The Morgan fingerprint density at radius 1 is 1.38 bits per heavy atom. The molecular formula is C19H31N5O2. The molecule has 0 unspecified atom stereocenters. The van der Waals surface area contributed by atoms with Crippen molar-refractivity contribution >= 4 is 5.91 Å². The smallest absolute Gasteiger partial charge is 0.216 e. The molecule has 1 amide bonds. The molecular weight excluding hydrogens is 330 g/mol. The second-order valence-electron chi connectivity index (χ2n) is 8.06. The summed E-state index contributed by atoms with van der Waals surface area (Å²) in [4.78, 5) is 13.6. The van der Waals surface area contributed by atoms with Gasteiger partial charge in [0, 0.05) is 46.2 Å². The predicted octanol–water partition coefficient (Wildman–Crippen LogP) is 1.03. The fraction of sp³-hybridized carbons (Fsp3) is 0.789. The van der Waals surface area contributed by atoms with E-state index in [9.17, 15) is 4.79 Å². The maximum Gasteiger partial charge on any atom is 0.216 e. The zero-order valence-corrected chi connectivity index (χ0v) is 15.8. The van der Waals surface area contributed by atoms with E-state index in [1.54, 1.807) is 6.92 Å². The highest BCUT2D eigenvalue weighted by Gasteiger charge is 2.42. The summed E-state index contributed by atoms with van der Waals surface area (Å²) in [5.41, 5.74) is 2.54. The van der Waals surface area contributed by atoms with Gasteiger partial charge in [-0.1, -0.05) is 0 Å². The lowest BCUT2D eigenvalue weighted by molar-refractivity contribution is -0.120. The van der Waals surface area contributed by atoms with Crippen LogP contribution in [0.15, 0.2) is 6.07 Å². The van der Waals surface area contributed by atoms with Crippen LogP contribution in [0.25, 0.3) is 0 Å². The first kappa shape index (κ1) is 17.9. The van der Waals surface area contributed by atoms with E-state index in [0.29, 0.717) is 6.54 Å². The van der Waals surface area contributed by atoms with Crippen LogP contribution in [0.5, 0.6) is 0 Å². The van der Waals surface area contributed by atoms with Crippen molar-refractivity contribution < 1.29 is 9.53 Å². The maximum atomic E-state index is 11.1. The van der Waals surface area contributed by atoms with E-state index < -0.39 is 0 Å². The quantitative estimate of drug-likeness (QED) is 0.838. The van der Waals surface area contributed by atoms with Crippen molar-refractivity contribution in [2.24, 2.45) is 0 Å². The summed E-state index contributed by atoms with van der Waals surface area (Å²) >= 11 is 0. The van der Waals surface area contributed by atoms with Gasteiger partial charge in [0.15, 0.2) is 0 Å². The minimum Gasteiger partial charge on any atom is -0.370 e. The topological polar surface area (TPSA) is 71.4 Å². The van der Waals surface area contributed by atoms with Gasteiger partial charge >= 0.3 is 0 Å². The monoisotopic (exact) mass is 361 g/mol. The lowest BCUT2D eigenvalue weighted by Gasteiger charge is -2.39. The van der Waals surface area contributed by atoms with Crippen molar-refractivity contribution in [3.05, 3.63) is 17.5 Å². The molecule has 3 aliphatic heterocycles. The number of fused-ring (bicyclic) bond motifs is 1. The second-order valence-corrected chi connectivity index (χ2v) is 8.06. The van der Waals surface area contributed by atoms with E-state index >= 15 is 0 Å². The van der Waals surface area contributed by atoms with Crippen molar-refractivity contribution in [3.8, 4) is 0 Å². The number of hydrogen-bond acceptors (Lipinski definition) is 5. The molecule has 1 aromatic heterocycles. The Hall–Kier alpha value is -1.44. The maximum absolute atomic E-state index is 11.1. The molecule has 26 heavy (non-hydrogen) atoms. The first-order valence-electron chi connectivity index (χ1n) is 10.0. The Morgan fingerprint density at radius 3 is 3.04 bits per heavy atom. The zero-order chi connectivity index (χ0) is 18.0. The Kier molecular flexibility index (Phi) is 5.29. The van der Waals surface area contributed by atoms with Crippen LogP contribution in [0.4, 0.5) is 0 Å². The van der Waals surface area contributed by atoms with Gasteiger partial charge < -0.3 is 15.4 Å². The standard InChI is InChI=1S/C19H31N5O2/c1-15(25)21-13-18-3-4-19(26-18)5-9-23(10-6-19)14-16-11-17-12-20-7-2-8-24(17)22-16/h11,18,20H,2-10,12-14H2,1H3,(H,21,25)/t18-/m1/s1. The predicted molar refractivity (Wildman–Crippen MR) is 98.6 cm³/mol. The third kappa shape index (κ3) is 4.10. The molecule has 0 aromatic carbocycles. The van der Waals surface area contributed by atoms with Crippen LogP contribution in [0.2, 0.25) is 0 Å². The number of ether oxygens (including phenoxy) is 1. The Labute approximate surface area is 155 Å². The van der Waals surface area contributed by atoms with Gasteiger partial charge in [0.2, 0.25) is 5.91 Å². The lowest BCUT2D eigenvalue weighted by Crippen LogP contribution is -2.44. The molecule has 1 spiro atoms. The number of aromatic nitrogens is 2. The van der Waals surface area contributed by atoms with Gasteiger partial charge in [-0.15, -0.1) is 0 Å². The average molecular weight is 361 g/mol. The molecule has 2 fully saturated rings. The van der Waals surface area contributed by atoms with E-state index in [1.165, 1.54) is 11.4 Å². The van der Waals surface area contributed by atoms with Crippen molar-refractivity contribution in [3.63, 3.8) is 0 Å². The summed E-state index contributed by atoms with van der Waals surface area (Å²) in [7, 11) is 0. The molecule has 1 aromatic rings. The largest absolute Gasteiger partial charge is 0.370 e. The van der Waals surface area contributed by atoms with E-state index in [2.05, 4.69) is 26.3 Å². The number of nitrogens with zero attached hydrogens (tertiary/aromatic N) is 3. The lowest BCUT2D eigenvalue weighted by atomic mass is 9.88. The van der Waals surface area contributed by atoms with Gasteiger partial charge in [0.1, 0.15) is 0 Å². The Morgan fingerprint density at radius 2 is 2.23 bits per heavy atom. The molecule has 4 heterocycles. The molecule has 0 saturated carbocycles. The molecule has 2 saturated heterocycles. The molecule has 0 bridgehead atoms. The van der Waals surface area contributed by atoms with Crippen molar-refractivity contribution in [2.45, 2.75) is 70.4 Å². The number of piperidine rings is 1. The normalized spacial score (nSPS) is 25.8. The third-order valence-corrected chi connectivity index (χ3v) is 6.01. The average Bonchev–Trinajstić information content (AvgIpc) is 3.13. The van der Waals surface area contributed by atoms with E-state index in [-0.39, 0.29) is 17.6 Å². The SMILES string of the molecule is CC(=O)NC[C@H]1CCC2(CCN(Cc3cc4n(n3)CCCNC4)CC2)O1. The number of likely N-dealkylation sites (tertiary alicyclic amines) is 1. The molecule has 4 rings (SSSR count). The molecule has 2 N–H and O–H groups in total. The Balaban J connectivity index is 1.27. The highest BCUT2D eigenvalue weighted by atomic mass is 16.5. The van der Waals surface area contributed by atoms with Crippen LogP contribution in [-0.2, 0) is 29.2 Å². The molecule has 0 radical (unpaired) electrons. The summed E-state index contributed by atoms with van der Waals surface area (Å²) in [6.07, 6.45) is 5.67. The summed E-state index contributed by atoms with van der Waals surface area (Å²) in [5, 5.41) is 11.2. The third-order valence-electron chi connectivity index (χ3n) is 6.01. The van der Waals surface area contributed by atoms with Crippen LogP contribution in [0.1, 0.15) is 50.4 Å². The van der Waals surface area contributed by atoms with E-state index in [0.717, 1.165) is 71.4 Å². The summed E-state index contributed by atoms with van der Waals surface area (Å²) in [5.74, 6) is 0.0260. The number of amides is 1. The molecule has 0 aliphatic carbocycles. The van der Waals surface area contributed by atoms with Crippen LogP contribution < -0.4 is 10.6 Å². The van der Waals surface area contributed by atoms with E-state index in [1.807, 2.05) is 0 Å². The highest BCUT2D eigenvalue weighted by molar-refractivity contribution is 5.72. The van der Waals surface area contributed by atoms with E-state index in [4.69, 9.17) is 9.84 Å². The van der Waals surface area contributed by atoms with Crippen LogP contribution >= 0.6 is 0 Å². The number of aryl methyl sites for hydroxylation is 1. The number of carbonyl (C=O) groups is 1. The van der Waals surface area contributed by atoms with Crippen molar-refractivity contribution in [1.82, 2.24) is 25.3 Å². The van der Waals surface area contributed by atoms with Gasteiger partial charge in [-0.05, 0) is 44.7 Å². The minimum atomic E-state index is 0.0260. The van der Waals surface area contributed by atoms with Gasteiger partial charge in [0.25, 0.3) is 0 Å². The van der Waals surface area contributed by atoms with Gasteiger partial charge in [-0.3, -0.25) is 14.4 Å². The van der Waals surface area contributed by atoms with Gasteiger partial charge in [0.05, 0.1) is 23.1 Å². The summed E-state index contributed by atoms with van der Waals surface area (Å²) in [6.45, 7) is 8.31. The molecule has 3 aliphatic rings. The summed E-state index contributed by atoms with van der Waals surface area (Å²) in [6, 6.07) is 2.26. The number of rotatable bonds is 4. The fourth-order valence-corrected chi connectivity index (χ4v) is 4.51. The van der Waals surface area contributed by atoms with Gasteiger partial charge in [-0.25, -0.2) is 0 Å². The molecule has 144 valence electrons. The van der Waals surface area contributed by atoms with Crippen LogP contribution in [0.3, 0.4) is 0 Å². The van der Waals surface area contributed by atoms with Crippen molar-refractivity contribution in [2.75, 3.05) is 26.2 Å². The van der Waals surface area contributed by atoms with Crippen LogP contribution in [-0.4, -0.2) is 58.5 Å². The molecule has 7 heteroatoms. The first-order chi connectivity index (χ1) is 12.6. The van der Waals surface area contributed by atoms with Crippen molar-refractivity contribution in [1.29, 1.82) is 0 Å². The fourth-order valence-electron chi connectivity index (χ4n) is 4.51. The minimum absolute atomic E-state index is 0.0260. The molecule has 1 atom stereocenters. The molecule has 7 nitrogen and oxygen atoms in total. The second kappa shape index (κ2) is 7.66. The zero-order valence-electron chi connectivity index (χ0n) is 15.8. The van der Waals surface area contributed by atoms with Crippen LogP contribution in [0, 0.1) is 0 Å². The Bertz CT molecular complexity index is 612. The summed E-state index contributed by atoms with van der Waals surface area (Å²) < 4.78 is 8.52.